The normalized spacial score (nSPS) is 23.6. The van der Waals surface area contributed by atoms with Crippen molar-refractivity contribution in [2.75, 3.05) is 4.90 Å². The fourth-order valence-electron chi connectivity index (χ4n) is 3.77. The summed E-state index contributed by atoms with van der Waals surface area (Å²) in [4.78, 5) is 26.4. The number of carbonyl (C=O) groups is 2. The minimum Gasteiger partial charge on any atom is -0.274 e. The molecule has 0 bridgehead atoms. The summed E-state index contributed by atoms with van der Waals surface area (Å²) in [7, 11) is 0. The van der Waals surface area contributed by atoms with Gasteiger partial charge in [0.05, 0.1) is 18.4 Å². The molecule has 4 rings (SSSR count). The Morgan fingerprint density at radius 3 is 2.46 bits per heavy atom. The van der Waals surface area contributed by atoms with Crippen LogP contribution in [0, 0.1) is 17.7 Å². The Hall–Kier alpha value is -2.50. The third-order valence-corrected chi connectivity index (χ3v) is 4.93. The number of imide groups is 1. The molecule has 6 heteroatoms. The first kappa shape index (κ1) is 15.1. The van der Waals surface area contributed by atoms with Gasteiger partial charge in [-0.15, -0.1) is 0 Å². The molecule has 2 fully saturated rings. The van der Waals surface area contributed by atoms with Crippen LogP contribution in [-0.4, -0.2) is 21.6 Å². The minimum atomic E-state index is -0.297. The van der Waals surface area contributed by atoms with Crippen molar-refractivity contribution in [3.63, 3.8) is 0 Å². The molecule has 24 heavy (non-hydrogen) atoms. The van der Waals surface area contributed by atoms with Crippen molar-refractivity contribution in [1.82, 2.24) is 9.78 Å². The highest BCUT2D eigenvalue weighted by atomic mass is 19.1. The van der Waals surface area contributed by atoms with E-state index in [2.05, 4.69) is 5.10 Å². The first-order chi connectivity index (χ1) is 11.6. The highest BCUT2D eigenvalue weighted by Gasteiger charge is 2.49. The molecule has 2 aromatic rings. The maximum absolute atomic E-state index is 13.3. The number of benzene rings is 1. The van der Waals surface area contributed by atoms with Crippen molar-refractivity contribution in [3.05, 3.63) is 47.9 Å². The molecular formula is C18H18FN3O2. The molecule has 124 valence electrons. The molecule has 0 unspecified atom stereocenters. The molecular weight excluding hydrogens is 309 g/mol. The lowest BCUT2D eigenvalue weighted by Crippen LogP contribution is -2.31. The van der Waals surface area contributed by atoms with Crippen LogP contribution in [-0.2, 0) is 16.1 Å². The van der Waals surface area contributed by atoms with Gasteiger partial charge in [0.2, 0.25) is 11.8 Å². The summed E-state index contributed by atoms with van der Waals surface area (Å²) in [5, 5.41) is 4.35. The maximum atomic E-state index is 13.3. The Balaban J connectivity index is 1.56. The van der Waals surface area contributed by atoms with Crippen molar-refractivity contribution >= 4 is 17.6 Å². The van der Waals surface area contributed by atoms with E-state index in [9.17, 15) is 14.0 Å². The van der Waals surface area contributed by atoms with Gasteiger partial charge in [0.25, 0.3) is 0 Å². The van der Waals surface area contributed by atoms with Gasteiger partial charge in [0, 0.05) is 12.3 Å². The van der Waals surface area contributed by atoms with E-state index in [0.29, 0.717) is 12.4 Å². The van der Waals surface area contributed by atoms with Crippen LogP contribution in [0.15, 0.2) is 36.5 Å². The van der Waals surface area contributed by atoms with Crippen LogP contribution in [0.25, 0.3) is 0 Å². The fraction of sp³-hybridized carbons (Fsp3) is 0.389. The summed E-state index contributed by atoms with van der Waals surface area (Å²) in [6.07, 6.45) is 5.29. The van der Waals surface area contributed by atoms with Crippen molar-refractivity contribution in [1.29, 1.82) is 0 Å². The Kier molecular flexibility index (Phi) is 3.67. The molecule has 1 aromatic carbocycles. The maximum Gasteiger partial charge on any atom is 0.238 e. The zero-order valence-corrected chi connectivity index (χ0v) is 13.2. The molecule has 2 atom stereocenters. The molecule has 0 spiro atoms. The third-order valence-electron chi connectivity index (χ3n) is 4.93. The first-order valence-electron chi connectivity index (χ1n) is 8.29. The summed E-state index contributed by atoms with van der Waals surface area (Å²) in [6.45, 7) is 0.390. The van der Waals surface area contributed by atoms with E-state index in [4.69, 9.17) is 0 Å². The van der Waals surface area contributed by atoms with Crippen LogP contribution in [0.4, 0.5) is 10.2 Å². The summed E-state index contributed by atoms with van der Waals surface area (Å²) in [5.41, 5.74) is 0.775. The largest absolute Gasteiger partial charge is 0.274 e. The van der Waals surface area contributed by atoms with Crippen LogP contribution in [0.2, 0.25) is 0 Å². The van der Waals surface area contributed by atoms with Crippen molar-refractivity contribution in [2.45, 2.75) is 32.2 Å². The number of rotatable bonds is 3. The number of anilines is 1. The second-order valence-corrected chi connectivity index (χ2v) is 6.51. The minimum absolute atomic E-state index is 0.124. The predicted molar refractivity (Wildman–Crippen MR) is 85.7 cm³/mol. The van der Waals surface area contributed by atoms with E-state index in [0.717, 1.165) is 31.2 Å². The van der Waals surface area contributed by atoms with Crippen molar-refractivity contribution in [2.24, 2.45) is 11.8 Å². The average molecular weight is 327 g/mol. The van der Waals surface area contributed by atoms with Gasteiger partial charge in [0.1, 0.15) is 5.82 Å². The molecule has 1 aromatic heterocycles. The van der Waals surface area contributed by atoms with E-state index in [1.165, 1.54) is 17.0 Å². The Morgan fingerprint density at radius 2 is 1.79 bits per heavy atom. The van der Waals surface area contributed by atoms with Crippen molar-refractivity contribution in [3.8, 4) is 0 Å². The molecule has 5 nitrogen and oxygen atoms in total. The van der Waals surface area contributed by atoms with Gasteiger partial charge < -0.3 is 0 Å². The highest BCUT2D eigenvalue weighted by Crippen LogP contribution is 2.39. The van der Waals surface area contributed by atoms with Crippen LogP contribution in [0.5, 0.6) is 0 Å². The smallest absolute Gasteiger partial charge is 0.238 e. The van der Waals surface area contributed by atoms with Gasteiger partial charge in [0.15, 0.2) is 5.82 Å². The quantitative estimate of drug-likeness (QED) is 0.815. The van der Waals surface area contributed by atoms with E-state index in [1.54, 1.807) is 23.0 Å². The average Bonchev–Trinajstić information content (AvgIpc) is 3.11. The zero-order valence-electron chi connectivity index (χ0n) is 13.2. The predicted octanol–water partition coefficient (Wildman–Crippen LogP) is 2.75. The van der Waals surface area contributed by atoms with Crippen LogP contribution < -0.4 is 4.90 Å². The first-order valence-corrected chi connectivity index (χ1v) is 8.29. The molecule has 0 N–H and O–H groups in total. The SMILES string of the molecule is O=C1[C@@H]2CCCC[C@H]2C(=O)N1c1ccn(Cc2cccc(F)c2)n1. The van der Waals surface area contributed by atoms with Crippen LogP contribution in [0.1, 0.15) is 31.2 Å². The number of aromatic nitrogens is 2. The number of hydrogen-bond acceptors (Lipinski definition) is 3. The molecule has 2 aliphatic rings. The number of halogens is 1. The Morgan fingerprint density at radius 1 is 1.08 bits per heavy atom. The summed E-state index contributed by atoms with van der Waals surface area (Å²) < 4.78 is 14.9. The number of carbonyl (C=O) groups excluding carboxylic acids is 2. The summed E-state index contributed by atoms with van der Waals surface area (Å²) >= 11 is 0. The second-order valence-electron chi connectivity index (χ2n) is 6.51. The van der Waals surface area contributed by atoms with Gasteiger partial charge in [-0.1, -0.05) is 25.0 Å². The van der Waals surface area contributed by atoms with Gasteiger partial charge in [-0.2, -0.15) is 5.10 Å². The Labute approximate surface area is 139 Å². The molecule has 1 aliphatic carbocycles. The third kappa shape index (κ3) is 2.52. The van der Waals surface area contributed by atoms with E-state index < -0.39 is 0 Å². The number of nitrogens with zero attached hydrogens (tertiary/aromatic N) is 3. The van der Waals surface area contributed by atoms with Crippen LogP contribution in [0.3, 0.4) is 0 Å². The molecule has 1 saturated carbocycles. The summed E-state index contributed by atoms with van der Waals surface area (Å²) in [6, 6.07) is 7.97. The fourth-order valence-corrected chi connectivity index (χ4v) is 3.77. The van der Waals surface area contributed by atoms with Crippen LogP contribution >= 0.6 is 0 Å². The molecule has 1 saturated heterocycles. The van der Waals surface area contributed by atoms with Crippen molar-refractivity contribution < 1.29 is 14.0 Å². The molecule has 0 radical (unpaired) electrons. The highest BCUT2D eigenvalue weighted by molar-refractivity contribution is 6.21. The summed E-state index contributed by atoms with van der Waals surface area (Å²) in [5.74, 6) is -0.537. The van der Waals surface area contributed by atoms with Gasteiger partial charge in [-0.25, -0.2) is 9.29 Å². The van der Waals surface area contributed by atoms with Gasteiger partial charge in [-0.3, -0.25) is 14.3 Å². The lowest BCUT2D eigenvalue weighted by molar-refractivity contribution is -0.122. The van der Waals surface area contributed by atoms with Gasteiger partial charge in [-0.05, 0) is 30.5 Å². The lowest BCUT2D eigenvalue weighted by Gasteiger charge is -2.19. The zero-order chi connectivity index (χ0) is 16.7. The van der Waals surface area contributed by atoms with Gasteiger partial charge >= 0.3 is 0 Å². The molecule has 2 amide bonds. The monoisotopic (exact) mass is 327 g/mol. The number of amides is 2. The lowest BCUT2D eigenvalue weighted by atomic mass is 9.81. The Bertz CT molecular complexity index is 777. The topological polar surface area (TPSA) is 55.2 Å². The second kappa shape index (κ2) is 5.85. The number of fused-ring (bicyclic) bond motifs is 1. The van der Waals surface area contributed by atoms with E-state index >= 15 is 0 Å². The van der Waals surface area contributed by atoms with E-state index in [1.807, 2.05) is 6.07 Å². The molecule has 2 heterocycles. The number of hydrogen-bond donors (Lipinski definition) is 0. The standard InChI is InChI=1S/C18H18FN3O2/c19-13-5-3-4-12(10-13)11-21-9-8-16(20-21)22-17(23)14-6-1-2-7-15(14)18(22)24/h3-5,8-10,14-15H,1-2,6-7,11H2/t14-,15-/m1/s1. The van der Waals surface area contributed by atoms with E-state index in [-0.39, 0.29) is 29.5 Å². The molecule has 1 aliphatic heterocycles.